The molecule has 0 spiro atoms. The molecule has 7 nitrogen and oxygen atoms in total. The normalized spacial score (nSPS) is 11.5. The Morgan fingerprint density at radius 1 is 1.11 bits per heavy atom. The second-order valence-corrected chi connectivity index (χ2v) is 7.05. The van der Waals surface area contributed by atoms with Crippen LogP contribution >= 0.6 is 12.2 Å². The van der Waals surface area contributed by atoms with Gasteiger partial charge in [-0.2, -0.15) is 0 Å². The predicted octanol–water partition coefficient (Wildman–Crippen LogP) is 2.69. The van der Waals surface area contributed by atoms with Crippen LogP contribution in [0, 0.1) is 4.77 Å². The summed E-state index contributed by atoms with van der Waals surface area (Å²) in [6, 6.07) is 17.2. The summed E-state index contributed by atoms with van der Waals surface area (Å²) in [6.45, 7) is 1.77. The fourth-order valence-electron chi connectivity index (χ4n) is 3.17. The summed E-state index contributed by atoms with van der Waals surface area (Å²) in [7, 11) is 3.70. The van der Waals surface area contributed by atoms with Gasteiger partial charge in [0.1, 0.15) is 12.4 Å². The molecule has 0 radical (unpaired) electrons. The zero-order valence-corrected chi connectivity index (χ0v) is 16.6. The van der Waals surface area contributed by atoms with Crippen LogP contribution in [0.2, 0.25) is 0 Å². The van der Waals surface area contributed by atoms with Gasteiger partial charge < -0.3 is 4.74 Å². The monoisotopic (exact) mass is 395 g/mol. The molecule has 0 aliphatic rings. The van der Waals surface area contributed by atoms with Gasteiger partial charge in [0.15, 0.2) is 0 Å². The van der Waals surface area contributed by atoms with Gasteiger partial charge >= 0.3 is 0 Å². The maximum Gasteiger partial charge on any atom is 0.262 e. The SMILES string of the molecule is CN(CCOc1ccccc1)Cn1nc2n(C)c(=O)c3ccccc3n2c1=S. The van der Waals surface area contributed by atoms with E-state index in [1.807, 2.05) is 66.0 Å². The molecule has 144 valence electrons. The molecule has 0 fully saturated rings. The van der Waals surface area contributed by atoms with Crippen molar-refractivity contribution in [2.24, 2.45) is 7.05 Å². The number of likely N-dealkylation sites (N-methyl/N-ethyl adjacent to an activating group) is 1. The van der Waals surface area contributed by atoms with Crippen molar-refractivity contribution in [1.82, 2.24) is 23.6 Å². The molecule has 4 aromatic rings. The van der Waals surface area contributed by atoms with Crippen molar-refractivity contribution in [3.63, 3.8) is 0 Å². The number of benzene rings is 2. The Morgan fingerprint density at radius 3 is 2.61 bits per heavy atom. The summed E-state index contributed by atoms with van der Waals surface area (Å²) in [5.41, 5.74) is 0.687. The Labute approximate surface area is 167 Å². The lowest BCUT2D eigenvalue weighted by molar-refractivity contribution is 0.198. The first-order valence-corrected chi connectivity index (χ1v) is 9.41. The minimum atomic E-state index is -0.0835. The summed E-state index contributed by atoms with van der Waals surface area (Å²) in [4.78, 5) is 14.7. The third kappa shape index (κ3) is 3.32. The van der Waals surface area contributed by atoms with Crippen molar-refractivity contribution < 1.29 is 4.74 Å². The Bertz CT molecular complexity index is 1240. The van der Waals surface area contributed by atoms with E-state index in [0.29, 0.717) is 35.8 Å². The van der Waals surface area contributed by atoms with Crippen molar-refractivity contribution >= 4 is 28.9 Å². The quantitative estimate of drug-likeness (QED) is 0.470. The van der Waals surface area contributed by atoms with Gasteiger partial charge in [0, 0.05) is 13.6 Å². The van der Waals surface area contributed by atoms with E-state index in [4.69, 9.17) is 17.0 Å². The lowest BCUT2D eigenvalue weighted by atomic mass is 10.2. The number of nitrogens with zero attached hydrogens (tertiary/aromatic N) is 5. The van der Waals surface area contributed by atoms with Crippen LogP contribution in [0.5, 0.6) is 5.75 Å². The lowest BCUT2D eigenvalue weighted by Gasteiger charge is -2.16. The molecule has 0 saturated carbocycles. The van der Waals surface area contributed by atoms with Gasteiger partial charge in [0.2, 0.25) is 10.5 Å². The molecule has 0 atom stereocenters. The Hall–Kier alpha value is -2.97. The number of aryl methyl sites for hydroxylation is 1. The van der Waals surface area contributed by atoms with Crippen LogP contribution in [0.1, 0.15) is 0 Å². The largest absolute Gasteiger partial charge is 0.492 e. The molecule has 0 bridgehead atoms. The number of ether oxygens (including phenoxy) is 1. The second kappa shape index (κ2) is 7.57. The van der Waals surface area contributed by atoms with Crippen molar-refractivity contribution in [3.8, 4) is 5.75 Å². The first-order chi connectivity index (χ1) is 13.6. The van der Waals surface area contributed by atoms with Crippen molar-refractivity contribution in [2.45, 2.75) is 6.67 Å². The molecule has 0 amide bonds. The molecule has 0 aliphatic heterocycles. The first-order valence-electron chi connectivity index (χ1n) is 9.00. The highest BCUT2D eigenvalue weighted by Gasteiger charge is 2.14. The van der Waals surface area contributed by atoms with Gasteiger partial charge in [0.25, 0.3) is 5.56 Å². The van der Waals surface area contributed by atoms with E-state index < -0.39 is 0 Å². The highest BCUT2D eigenvalue weighted by molar-refractivity contribution is 7.71. The third-order valence-corrected chi connectivity index (χ3v) is 5.06. The van der Waals surface area contributed by atoms with Crippen molar-refractivity contribution in [2.75, 3.05) is 20.2 Å². The van der Waals surface area contributed by atoms with Gasteiger partial charge in [-0.05, 0) is 43.5 Å². The summed E-state index contributed by atoms with van der Waals surface area (Å²) in [5.74, 6) is 1.38. The molecule has 28 heavy (non-hydrogen) atoms. The molecule has 2 aromatic heterocycles. The van der Waals surface area contributed by atoms with E-state index in [1.54, 1.807) is 11.7 Å². The number of aromatic nitrogens is 4. The fraction of sp³-hybridized carbons (Fsp3) is 0.250. The molecule has 0 unspecified atom stereocenters. The van der Waals surface area contributed by atoms with Crippen LogP contribution < -0.4 is 10.3 Å². The van der Waals surface area contributed by atoms with E-state index in [9.17, 15) is 4.79 Å². The van der Waals surface area contributed by atoms with Gasteiger partial charge in [-0.3, -0.25) is 18.7 Å². The molecule has 2 aromatic carbocycles. The minimum Gasteiger partial charge on any atom is -0.492 e. The fourth-order valence-corrected chi connectivity index (χ4v) is 3.45. The van der Waals surface area contributed by atoms with Gasteiger partial charge in [0.05, 0.1) is 17.6 Å². The number of hydrogen-bond donors (Lipinski definition) is 0. The standard InChI is InChI=1S/C20H21N5O2S/c1-22(12-13-27-15-8-4-3-5-9-15)14-24-20(28)25-17-11-7-6-10-16(17)18(26)23(2)19(25)21-24/h3-11H,12-14H2,1-2H3. The van der Waals surface area contributed by atoms with E-state index >= 15 is 0 Å². The number of hydrogen-bond acceptors (Lipinski definition) is 5. The maximum atomic E-state index is 12.6. The summed E-state index contributed by atoms with van der Waals surface area (Å²) in [5, 5.41) is 5.21. The van der Waals surface area contributed by atoms with Crippen LogP contribution in [-0.4, -0.2) is 43.8 Å². The molecule has 0 saturated heterocycles. The van der Waals surface area contributed by atoms with Crippen LogP contribution in [-0.2, 0) is 13.7 Å². The van der Waals surface area contributed by atoms with Crippen LogP contribution in [0.4, 0.5) is 0 Å². The van der Waals surface area contributed by atoms with Crippen molar-refractivity contribution in [3.05, 3.63) is 69.7 Å². The lowest BCUT2D eigenvalue weighted by Crippen LogP contribution is -2.27. The zero-order chi connectivity index (χ0) is 19.7. The minimum absolute atomic E-state index is 0.0835. The van der Waals surface area contributed by atoms with E-state index in [1.165, 1.54) is 4.57 Å². The number of fused-ring (bicyclic) bond motifs is 3. The first kappa shape index (κ1) is 18.4. The Morgan fingerprint density at radius 2 is 1.82 bits per heavy atom. The molecular weight excluding hydrogens is 374 g/mol. The van der Waals surface area contributed by atoms with E-state index in [0.717, 1.165) is 11.3 Å². The second-order valence-electron chi connectivity index (χ2n) is 6.68. The summed E-state index contributed by atoms with van der Waals surface area (Å²) in [6.07, 6.45) is 0. The maximum absolute atomic E-state index is 12.6. The molecule has 0 N–H and O–H groups in total. The number of rotatable bonds is 6. The summed E-state index contributed by atoms with van der Waals surface area (Å²) < 4.78 is 11.4. The molecule has 2 heterocycles. The zero-order valence-electron chi connectivity index (χ0n) is 15.8. The highest BCUT2D eigenvalue weighted by Crippen LogP contribution is 2.13. The predicted molar refractivity (Wildman–Crippen MR) is 111 cm³/mol. The van der Waals surface area contributed by atoms with E-state index in [-0.39, 0.29) is 5.56 Å². The van der Waals surface area contributed by atoms with Gasteiger partial charge in [-0.25, -0.2) is 4.68 Å². The number of para-hydroxylation sites is 2. The molecular formula is C20H21N5O2S. The Kier molecular flexibility index (Phi) is 4.97. The van der Waals surface area contributed by atoms with Crippen LogP contribution in [0.15, 0.2) is 59.4 Å². The van der Waals surface area contributed by atoms with E-state index in [2.05, 4.69) is 10.00 Å². The van der Waals surface area contributed by atoms with Crippen LogP contribution in [0.25, 0.3) is 16.7 Å². The Balaban J connectivity index is 1.58. The third-order valence-electron chi connectivity index (χ3n) is 4.66. The van der Waals surface area contributed by atoms with Gasteiger partial charge in [-0.1, -0.05) is 30.3 Å². The average molecular weight is 395 g/mol. The van der Waals surface area contributed by atoms with Gasteiger partial charge in [-0.15, -0.1) is 5.10 Å². The smallest absolute Gasteiger partial charge is 0.262 e. The average Bonchev–Trinajstić information content (AvgIpc) is 3.03. The topological polar surface area (TPSA) is 56.7 Å². The molecule has 4 rings (SSSR count). The highest BCUT2D eigenvalue weighted by atomic mass is 32.1. The van der Waals surface area contributed by atoms with Crippen molar-refractivity contribution in [1.29, 1.82) is 0 Å². The molecule has 8 heteroatoms. The molecule has 0 aliphatic carbocycles. The van der Waals surface area contributed by atoms with Crippen LogP contribution in [0.3, 0.4) is 0 Å². The summed E-state index contributed by atoms with van der Waals surface area (Å²) >= 11 is 5.66.